The highest BCUT2D eigenvalue weighted by molar-refractivity contribution is 8.02. The zero-order valence-corrected chi connectivity index (χ0v) is 28.4. The van der Waals surface area contributed by atoms with E-state index in [1.807, 2.05) is 47.1 Å². The van der Waals surface area contributed by atoms with E-state index in [4.69, 9.17) is 0 Å². The highest BCUT2D eigenvalue weighted by Crippen LogP contribution is 2.67. The lowest BCUT2D eigenvalue weighted by Crippen LogP contribution is -2.62. The number of amides is 3. The minimum absolute atomic E-state index is 0.0168. The number of hydrogen-bond donors (Lipinski definition) is 1. The second kappa shape index (κ2) is 13.4. The molecular weight excluding hydrogens is 570 g/mol. The summed E-state index contributed by atoms with van der Waals surface area (Å²) in [5.41, 5.74) is 0.433. The minimum Gasteiger partial charge on any atom is -0.394 e. The number of aliphatic hydroxyl groups is 1. The van der Waals surface area contributed by atoms with Crippen molar-refractivity contribution in [2.75, 3.05) is 26.2 Å². The molecule has 1 N–H and O–H groups in total. The van der Waals surface area contributed by atoms with Crippen molar-refractivity contribution >= 4 is 29.5 Å². The zero-order valence-electron chi connectivity index (χ0n) is 27.6. The highest BCUT2D eigenvalue weighted by atomic mass is 32.2. The largest absolute Gasteiger partial charge is 0.394 e. The highest BCUT2D eigenvalue weighted by Gasteiger charge is 2.75. The summed E-state index contributed by atoms with van der Waals surface area (Å²) < 4.78 is -0.730. The fourth-order valence-corrected chi connectivity index (χ4v) is 10.6. The number of aliphatic hydroxyl groups excluding tert-OH is 1. The van der Waals surface area contributed by atoms with E-state index < -0.39 is 34.2 Å². The van der Waals surface area contributed by atoms with Gasteiger partial charge in [0.2, 0.25) is 17.7 Å². The van der Waals surface area contributed by atoms with Crippen molar-refractivity contribution in [2.45, 2.75) is 101 Å². The van der Waals surface area contributed by atoms with Crippen LogP contribution in [0.15, 0.2) is 55.6 Å². The van der Waals surface area contributed by atoms with Crippen LogP contribution in [0.25, 0.3) is 0 Å². The van der Waals surface area contributed by atoms with Gasteiger partial charge >= 0.3 is 0 Å². The van der Waals surface area contributed by atoms with Gasteiger partial charge in [-0.2, -0.15) is 0 Å². The molecule has 1 spiro atoms. The molecule has 2 bridgehead atoms. The molecule has 3 aliphatic heterocycles. The summed E-state index contributed by atoms with van der Waals surface area (Å²) in [5.74, 6) is -1.41. The zero-order chi connectivity index (χ0) is 32.4. The van der Waals surface area contributed by atoms with Crippen LogP contribution in [0.5, 0.6) is 0 Å². The third kappa shape index (κ3) is 6.39. The van der Waals surface area contributed by atoms with Crippen LogP contribution in [0.4, 0.5) is 0 Å². The summed E-state index contributed by atoms with van der Waals surface area (Å²) in [5, 5.41) is 10.8. The Morgan fingerprint density at radius 2 is 1.77 bits per heavy atom. The fourth-order valence-electron chi connectivity index (χ4n) is 8.42. The molecule has 44 heavy (non-hydrogen) atoms. The van der Waals surface area contributed by atoms with Gasteiger partial charge in [0.05, 0.1) is 29.2 Å². The molecule has 242 valence electrons. The molecule has 3 aliphatic rings. The van der Waals surface area contributed by atoms with E-state index in [-0.39, 0.29) is 35.0 Å². The third-order valence-electron chi connectivity index (χ3n) is 9.60. The lowest BCUT2D eigenvalue weighted by molar-refractivity contribution is -0.149. The van der Waals surface area contributed by atoms with E-state index in [2.05, 4.69) is 47.8 Å². The van der Waals surface area contributed by atoms with E-state index in [1.54, 1.807) is 28.8 Å². The SMILES string of the molecule is C=CCN(CCC)C(=O)[C@@H]1[C@H]2C(=O)N([C@@H](CO)Cc3ccccc3)C(C(=O)N(CC=C)C(C)(C)CC(C)(C)C)C23CC[C@H]1S3. The van der Waals surface area contributed by atoms with Crippen molar-refractivity contribution in [3.63, 3.8) is 0 Å². The Balaban J connectivity index is 1.83. The average molecular weight is 624 g/mol. The minimum atomic E-state index is -0.785. The molecule has 4 rings (SSSR count). The van der Waals surface area contributed by atoms with Crippen molar-refractivity contribution in [1.82, 2.24) is 14.7 Å². The summed E-state index contributed by atoms with van der Waals surface area (Å²) in [6.07, 6.45) is 6.97. The van der Waals surface area contributed by atoms with E-state index >= 15 is 4.79 Å². The molecule has 3 fully saturated rings. The van der Waals surface area contributed by atoms with E-state index in [0.717, 1.165) is 24.8 Å². The van der Waals surface area contributed by atoms with E-state index in [1.165, 1.54) is 0 Å². The molecule has 3 heterocycles. The average Bonchev–Trinajstić information content (AvgIpc) is 3.60. The van der Waals surface area contributed by atoms with Gasteiger partial charge in [-0.25, -0.2) is 0 Å². The van der Waals surface area contributed by atoms with Crippen LogP contribution >= 0.6 is 11.8 Å². The number of thioether (sulfide) groups is 1. The maximum absolute atomic E-state index is 15.1. The monoisotopic (exact) mass is 623 g/mol. The molecule has 3 amide bonds. The first-order valence-corrected chi connectivity index (χ1v) is 17.1. The van der Waals surface area contributed by atoms with Crippen LogP contribution in [0, 0.1) is 17.3 Å². The number of fused-ring (bicyclic) bond motifs is 1. The van der Waals surface area contributed by atoms with Crippen LogP contribution in [-0.2, 0) is 20.8 Å². The number of hydrogen-bond acceptors (Lipinski definition) is 5. The van der Waals surface area contributed by atoms with Crippen LogP contribution in [0.3, 0.4) is 0 Å². The number of rotatable bonds is 14. The van der Waals surface area contributed by atoms with E-state index in [0.29, 0.717) is 32.5 Å². The Bertz CT molecular complexity index is 1230. The van der Waals surface area contributed by atoms with Crippen molar-refractivity contribution < 1.29 is 19.5 Å². The maximum Gasteiger partial charge on any atom is 0.247 e. The third-order valence-corrected chi connectivity index (χ3v) is 11.6. The van der Waals surface area contributed by atoms with Gasteiger partial charge in [0.15, 0.2) is 0 Å². The Labute approximate surface area is 269 Å². The smallest absolute Gasteiger partial charge is 0.247 e. The van der Waals surface area contributed by atoms with Gasteiger partial charge < -0.3 is 19.8 Å². The molecule has 1 aromatic carbocycles. The first kappa shape index (κ1) is 34.3. The van der Waals surface area contributed by atoms with Crippen molar-refractivity contribution in [3.8, 4) is 0 Å². The predicted octanol–water partition coefficient (Wildman–Crippen LogP) is 5.34. The van der Waals surface area contributed by atoms with Crippen molar-refractivity contribution in [1.29, 1.82) is 0 Å². The first-order valence-electron chi connectivity index (χ1n) is 16.2. The topological polar surface area (TPSA) is 81.2 Å². The summed E-state index contributed by atoms with van der Waals surface area (Å²) in [6, 6.07) is 8.42. The Kier molecular flexibility index (Phi) is 10.5. The first-order chi connectivity index (χ1) is 20.8. The molecule has 3 saturated heterocycles. The Hall–Kier alpha value is -2.58. The number of nitrogens with zero attached hydrogens (tertiary/aromatic N) is 3. The van der Waals surface area contributed by atoms with Gasteiger partial charge in [0.1, 0.15) is 6.04 Å². The number of carbonyl (C=O) groups is 3. The standard InChI is InChI=1S/C36H53N3O4S/c1-9-19-37(20-10-2)31(41)28-27-17-18-36(44-27)29(28)32(42)39(26(23-40)22-25-15-13-12-14-16-25)30(36)33(43)38(21-11-3)35(7,8)24-34(4,5)6/h9,11-16,26-30,40H,1,3,10,17-24H2,2,4-8H3/t26-,27-,28+,29+,30?,36?/m1/s1. The molecule has 7 nitrogen and oxygen atoms in total. The lowest BCUT2D eigenvalue weighted by Gasteiger charge is -2.46. The van der Waals surface area contributed by atoms with Crippen molar-refractivity contribution in [3.05, 3.63) is 61.2 Å². The molecule has 0 radical (unpaired) electrons. The molecule has 6 atom stereocenters. The normalized spacial score (nSPS) is 26.8. The molecule has 8 heteroatoms. The summed E-state index contributed by atoms with van der Waals surface area (Å²) >= 11 is 1.69. The molecule has 0 saturated carbocycles. The van der Waals surface area contributed by atoms with Gasteiger partial charge in [-0.1, -0.05) is 70.2 Å². The molecule has 2 unspecified atom stereocenters. The number of likely N-dealkylation sites (tertiary alicyclic amines) is 1. The number of carbonyl (C=O) groups excluding carboxylic acids is 3. The Morgan fingerprint density at radius 1 is 1.11 bits per heavy atom. The maximum atomic E-state index is 15.1. The Morgan fingerprint density at radius 3 is 2.34 bits per heavy atom. The quantitative estimate of drug-likeness (QED) is 0.283. The number of benzene rings is 1. The van der Waals surface area contributed by atoms with Crippen LogP contribution in [0.2, 0.25) is 0 Å². The molecular formula is C36H53N3O4S. The van der Waals surface area contributed by atoms with Crippen molar-refractivity contribution in [2.24, 2.45) is 17.3 Å². The molecule has 0 aliphatic carbocycles. The molecule has 1 aromatic rings. The van der Waals surface area contributed by atoms with E-state index in [9.17, 15) is 14.7 Å². The van der Waals surface area contributed by atoms with Gasteiger partial charge in [-0.3, -0.25) is 14.4 Å². The van der Waals surface area contributed by atoms with Gasteiger partial charge in [0, 0.05) is 30.4 Å². The van der Waals surface area contributed by atoms with Gasteiger partial charge in [0.25, 0.3) is 0 Å². The summed E-state index contributed by atoms with van der Waals surface area (Å²) in [6.45, 7) is 21.7. The predicted molar refractivity (Wildman–Crippen MR) is 179 cm³/mol. The van der Waals surface area contributed by atoms with Crippen LogP contribution < -0.4 is 0 Å². The summed E-state index contributed by atoms with van der Waals surface area (Å²) in [7, 11) is 0. The lowest BCUT2D eigenvalue weighted by atomic mass is 9.70. The fraction of sp³-hybridized carbons (Fsp3) is 0.639. The summed E-state index contributed by atoms with van der Waals surface area (Å²) in [4.78, 5) is 49.6. The van der Waals surface area contributed by atoms with Gasteiger partial charge in [-0.05, 0) is 56.9 Å². The van der Waals surface area contributed by atoms with Crippen LogP contribution in [0.1, 0.15) is 72.8 Å². The second-order valence-corrected chi connectivity index (χ2v) is 16.3. The van der Waals surface area contributed by atoms with Crippen LogP contribution in [-0.4, -0.2) is 91.4 Å². The molecule has 0 aromatic heterocycles. The van der Waals surface area contributed by atoms with Gasteiger partial charge in [-0.15, -0.1) is 24.9 Å². The second-order valence-electron chi connectivity index (χ2n) is 14.7.